The number of carbonyl (C=O) groups excluding carboxylic acids is 2. The van der Waals surface area contributed by atoms with Crippen LogP contribution >= 0.6 is 0 Å². The number of rotatable bonds is 10. The summed E-state index contributed by atoms with van der Waals surface area (Å²) in [6.45, 7) is 9.87. The predicted octanol–water partition coefficient (Wildman–Crippen LogP) is 3.61. The van der Waals surface area contributed by atoms with Crippen molar-refractivity contribution in [3.63, 3.8) is 0 Å². The van der Waals surface area contributed by atoms with Gasteiger partial charge in [0.25, 0.3) is 0 Å². The Morgan fingerprint density at radius 2 is 1.25 bits per heavy atom. The van der Waals surface area contributed by atoms with Crippen LogP contribution in [0.5, 0.6) is 0 Å². The fourth-order valence-electron chi connectivity index (χ4n) is 4.26. The van der Waals surface area contributed by atoms with Gasteiger partial charge < -0.3 is 0 Å². The van der Waals surface area contributed by atoms with Crippen LogP contribution in [0, 0.1) is 12.3 Å². The van der Waals surface area contributed by atoms with E-state index >= 15 is 0 Å². The van der Waals surface area contributed by atoms with Crippen LogP contribution in [0.4, 0.5) is 0 Å². The summed E-state index contributed by atoms with van der Waals surface area (Å²) in [5.41, 5.74) is -1.15. The van der Waals surface area contributed by atoms with Crippen molar-refractivity contribution in [1.29, 1.82) is 0 Å². The second-order valence-corrected chi connectivity index (χ2v) is 15.7. The predicted molar refractivity (Wildman–Crippen MR) is 133 cm³/mol. The van der Waals surface area contributed by atoms with Gasteiger partial charge in [0, 0.05) is 0 Å². The van der Waals surface area contributed by atoms with Crippen molar-refractivity contribution in [2.24, 2.45) is 5.41 Å². The molecule has 0 saturated carbocycles. The summed E-state index contributed by atoms with van der Waals surface area (Å²) < 4.78 is 8.50. The Balaban J connectivity index is 2.28. The Kier molecular flexibility index (Phi) is 7.86. The number of carbonyl (C=O) groups is 2. The second kappa shape index (κ2) is 10.6. The van der Waals surface area contributed by atoms with Gasteiger partial charge in [-0.2, -0.15) is 0 Å². The average molecular weight is 486 g/mol. The summed E-state index contributed by atoms with van der Waals surface area (Å²) in [5, 5.41) is 0. The van der Waals surface area contributed by atoms with E-state index in [1.165, 1.54) is 0 Å². The zero-order chi connectivity index (χ0) is 23.0. The number of hydrogen-bond donors (Lipinski definition) is 0. The molecule has 1 radical (unpaired) electrons. The zero-order valence-corrected chi connectivity index (χ0v) is 20.6. The van der Waals surface area contributed by atoms with E-state index in [4.69, 9.17) is 4.74 Å². The molecule has 0 aromatic heterocycles. The van der Waals surface area contributed by atoms with Gasteiger partial charge >= 0.3 is 194 Å². The van der Waals surface area contributed by atoms with E-state index in [9.17, 15) is 9.59 Å². The minimum atomic E-state index is -3.88. The number of esters is 1. The van der Waals surface area contributed by atoms with Crippen molar-refractivity contribution < 1.29 is 14.3 Å². The first-order chi connectivity index (χ1) is 15.5. The van der Waals surface area contributed by atoms with Crippen LogP contribution in [0.1, 0.15) is 19.8 Å². The van der Waals surface area contributed by atoms with Crippen LogP contribution in [0.3, 0.4) is 0 Å². The molecular formula is C28H29GeO3. The van der Waals surface area contributed by atoms with Gasteiger partial charge in [0.2, 0.25) is 0 Å². The minimum absolute atomic E-state index is 0.0114. The Hall–Kier alpha value is -2.92. The first kappa shape index (κ1) is 23.7. The second-order valence-electron chi connectivity index (χ2n) is 7.78. The number of benzene rings is 3. The first-order valence-corrected chi connectivity index (χ1v) is 15.0. The van der Waals surface area contributed by atoms with Crippen LogP contribution < -0.4 is 13.2 Å². The van der Waals surface area contributed by atoms with E-state index in [1.807, 2.05) is 91.0 Å². The first-order valence-electron chi connectivity index (χ1n) is 10.8. The molecule has 0 aliphatic heterocycles. The van der Waals surface area contributed by atoms with E-state index in [0.717, 1.165) is 13.2 Å². The van der Waals surface area contributed by atoms with Gasteiger partial charge in [-0.1, -0.05) is 0 Å². The van der Waals surface area contributed by atoms with E-state index < -0.39 is 24.7 Å². The molecule has 163 valence electrons. The molecular weight excluding hydrogens is 457 g/mol. The van der Waals surface area contributed by atoms with Crippen molar-refractivity contribution in [2.45, 2.75) is 19.8 Å². The Morgan fingerprint density at radius 3 is 1.56 bits per heavy atom. The molecule has 4 heteroatoms. The Labute approximate surface area is 193 Å². The quantitative estimate of drug-likeness (QED) is 0.250. The Morgan fingerprint density at radius 1 is 0.844 bits per heavy atom. The molecule has 0 aliphatic carbocycles. The molecule has 32 heavy (non-hydrogen) atoms. The van der Waals surface area contributed by atoms with Crippen LogP contribution in [-0.2, 0) is 14.3 Å². The summed E-state index contributed by atoms with van der Waals surface area (Å²) >= 11 is -3.88. The fourth-order valence-corrected chi connectivity index (χ4v) is 14.0. The van der Waals surface area contributed by atoms with Gasteiger partial charge in [-0.3, -0.25) is 0 Å². The van der Waals surface area contributed by atoms with Crippen LogP contribution in [0.15, 0.2) is 104 Å². The third-order valence-electron chi connectivity index (χ3n) is 6.03. The van der Waals surface area contributed by atoms with Crippen molar-refractivity contribution in [3.05, 3.63) is 111 Å². The summed E-state index contributed by atoms with van der Waals surface area (Å²) in [6, 6.07) is 30.0. The van der Waals surface area contributed by atoms with Crippen molar-refractivity contribution in [2.75, 3.05) is 6.61 Å². The molecule has 0 aliphatic rings. The maximum atomic E-state index is 14.5. The monoisotopic (exact) mass is 487 g/mol. The molecule has 0 heterocycles. The zero-order valence-electron chi connectivity index (χ0n) is 18.5. The van der Waals surface area contributed by atoms with Crippen molar-refractivity contribution in [3.8, 4) is 0 Å². The van der Waals surface area contributed by atoms with E-state index in [1.54, 1.807) is 13.0 Å². The molecule has 3 nitrogen and oxygen atoms in total. The number of hydrogen-bond acceptors (Lipinski definition) is 3. The van der Waals surface area contributed by atoms with Crippen molar-refractivity contribution in [1.82, 2.24) is 0 Å². The molecule has 1 atom stereocenters. The van der Waals surface area contributed by atoms with E-state index in [0.29, 0.717) is 0 Å². The van der Waals surface area contributed by atoms with Gasteiger partial charge in [-0.05, 0) is 0 Å². The summed E-state index contributed by atoms with van der Waals surface area (Å²) in [4.78, 5) is 27.4. The van der Waals surface area contributed by atoms with Crippen LogP contribution in [0.2, 0.25) is 0 Å². The molecule has 1 unspecified atom stereocenters. The van der Waals surface area contributed by atoms with Gasteiger partial charge in [0.1, 0.15) is 0 Å². The van der Waals surface area contributed by atoms with Crippen LogP contribution in [-0.4, -0.2) is 30.5 Å². The van der Waals surface area contributed by atoms with Gasteiger partial charge in [0.05, 0.1) is 0 Å². The summed E-state index contributed by atoms with van der Waals surface area (Å²) in [6.07, 6.45) is 1.76. The molecule has 3 rings (SSSR count). The molecule has 3 aromatic carbocycles. The third-order valence-corrected chi connectivity index (χ3v) is 15.7. The van der Waals surface area contributed by atoms with Gasteiger partial charge in [-0.15, -0.1) is 0 Å². The molecule has 0 fully saturated rings. The maximum absolute atomic E-state index is 14.5. The standard InChI is InChI=1S/C28H29GeO3/c1-4-28(5-2,27(31)32-6-3)22-26(30)29(23-16-10-7-11-17-23,24-18-12-8-13-19-24)25-20-14-9-15-21-25/h4,7-21H,1-2,5-6,22H2,3H3. The van der Waals surface area contributed by atoms with Crippen LogP contribution in [0.25, 0.3) is 0 Å². The van der Waals surface area contributed by atoms with Gasteiger partial charge in [0.15, 0.2) is 0 Å². The fraction of sp³-hybridized carbons (Fsp3) is 0.179. The third kappa shape index (κ3) is 4.35. The molecule has 0 bridgehead atoms. The van der Waals surface area contributed by atoms with E-state index in [-0.39, 0.29) is 24.1 Å². The summed E-state index contributed by atoms with van der Waals surface area (Å²) in [7, 11) is 0. The molecule has 0 amide bonds. The topological polar surface area (TPSA) is 43.4 Å². The van der Waals surface area contributed by atoms with E-state index in [2.05, 4.69) is 13.5 Å². The van der Waals surface area contributed by atoms with Gasteiger partial charge in [-0.25, -0.2) is 0 Å². The molecule has 0 N–H and O–H groups in total. The normalized spacial score (nSPS) is 13.1. The number of ether oxygens (including phenoxy) is 1. The Bertz CT molecular complexity index is 951. The molecule has 0 spiro atoms. The van der Waals surface area contributed by atoms with Crippen molar-refractivity contribution >= 4 is 37.0 Å². The summed E-state index contributed by atoms with van der Waals surface area (Å²) in [5.74, 6) is -0.441. The molecule has 0 saturated heterocycles. The average Bonchev–Trinajstić information content (AvgIpc) is 2.85. The molecule has 3 aromatic rings. The SMILES string of the molecule is [CH2]CC(C=C)(C[C](=O)[Ge]([c]1ccccc1)([c]1ccccc1)[c]1ccccc1)C(=O)OCC.